The Morgan fingerprint density at radius 3 is 2.15 bits per heavy atom. The number of nitrogens with one attached hydrogen (secondary N) is 1. The van der Waals surface area contributed by atoms with Gasteiger partial charge >= 0.3 is 6.18 Å². The van der Waals surface area contributed by atoms with E-state index in [1.54, 1.807) is 0 Å². The molecule has 5 aliphatic rings. The Hall–Kier alpha value is -1.65. The van der Waals surface area contributed by atoms with E-state index in [-0.39, 0.29) is 35.3 Å². The number of hydrogen-bond donors (Lipinski definition) is 2. The molecule has 1 amide bonds. The summed E-state index contributed by atoms with van der Waals surface area (Å²) >= 11 is 0. The quantitative estimate of drug-likeness (QED) is 0.648. The highest BCUT2D eigenvalue weighted by molar-refractivity contribution is 7.89. The van der Waals surface area contributed by atoms with Gasteiger partial charge in [-0.1, -0.05) is 6.07 Å². The summed E-state index contributed by atoms with van der Waals surface area (Å²) < 4.78 is 66.0. The number of aliphatic hydroxyl groups is 1. The van der Waals surface area contributed by atoms with Crippen molar-refractivity contribution in [2.45, 2.75) is 74.6 Å². The zero-order valence-corrected chi connectivity index (χ0v) is 19.7. The van der Waals surface area contributed by atoms with Gasteiger partial charge in [-0.05, 0) is 87.3 Å². The van der Waals surface area contributed by atoms with E-state index in [0.717, 1.165) is 31.4 Å². The maximum absolute atomic E-state index is 13.0. The molecule has 1 aromatic rings. The van der Waals surface area contributed by atoms with Crippen LogP contribution < -0.4 is 5.32 Å². The molecule has 1 aromatic carbocycles. The van der Waals surface area contributed by atoms with Crippen LogP contribution in [0, 0.1) is 23.2 Å². The lowest BCUT2D eigenvalue weighted by Gasteiger charge is -2.58. The molecule has 5 fully saturated rings. The molecule has 4 saturated carbocycles. The molecular formula is C24H31F3N2O4S. The third-order valence-corrected chi connectivity index (χ3v) is 10.4. The van der Waals surface area contributed by atoms with Crippen molar-refractivity contribution in [3.63, 3.8) is 0 Å². The maximum atomic E-state index is 13.0. The number of rotatable bonds is 5. The summed E-state index contributed by atoms with van der Waals surface area (Å²) in [5.41, 5.74) is -1.33. The lowest BCUT2D eigenvalue weighted by molar-refractivity contribution is -0.155. The van der Waals surface area contributed by atoms with Crippen LogP contribution in [0.3, 0.4) is 0 Å². The molecule has 34 heavy (non-hydrogen) atoms. The van der Waals surface area contributed by atoms with Crippen molar-refractivity contribution in [2.75, 3.05) is 13.1 Å². The third-order valence-electron chi connectivity index (χ3n) is 8.51. The zero-order valence-electron chi connectivity index (χ0n) is 18.9. The maximum Gasteiger partial charge on any atom is 0.416 e. The molecule has 188 valence electrons. The highest BCUT2D eigenvalue weighted by Crippen LogP contribution is 2.61. The predicted octanol–water partition coefficient (Wildman–Crippen LogP) is 3.55. The normalized spacial score (nSPS) is 33.1. The number of carbonyl (C=O) groups is 1. The van der Waals surface area contributed by atoms with Crippen LogP contribution in [0.25, 0.3) is 0 Å². The predicted molar refractivity (Wildman–Crippen MR) is 118 cm³/mol. The minimum Gasteiger partial charge on any atom is -0.383 e. The molecule has 6 nitrogen and oxygen atoms in total. The summed E-state index contributed by atoms with van der Waals surface area (Å²) in [5.74, 6) is 1.45. The largest absolute Gasteiger partial charge is 0.416 e. The number of benzene rings is 1. The molecule has 1 atom stereocenters. The Balaban J connectivity index is 1.19. The number of nitrogens with zero attached hydrogens (tertiary/aromatic N) is 1. The van der Waals surface area contributed by atoms with Crippen molar-refractivity contribution < 1.29 is 31.5 Å². The van der Waals surface area contributed by atoms with Crippen LogP contribution in [-0.4, -0.2) is 49.0 Å². The molecule has 2 N–H and O–H groups in total. The minimum atomic E-state index is -4.62. The van der Waals surface area contributed by atoms with Crippen molar-refractivity contribution in [3.8, 4) is 0 Å². The molecule has 0 radical (unpaired) electrons. The number of amides is 1. The molecule has 4 aliphatic carbocycles. The Bertz CT molecular complexity index is 1020. The van der Waals surface area contributed by atoms with Crippen molar-refractivity contribution in [1.29, 1.82) is 0 Å². The fraction of sp³-hybridized carbons (Fsp3) is 0.708. The first-order valence-corrected chi connectivity index (χ1v) is 13.6. The van der Waals surface area contributed by atoms with Gasteiger partial charge in [-0.2, -0.15) is 17.5 Å². The SMILES string of the molecule is O=C(NC1CCN(S(=O)(=O)c2cccc(C(F)(F)F)c2)CC1)C(O)C12CC3CC(CC(C3)C1)C2. The average molecular weight is 501 g/mol. The van der Waals surface area contributed by atoms with E-state index >= 15 is 0 Å². The summed E-state index contributed by atoms with van der Waals surface area (Å²) in [4.78, 5) is 12.6. The van der Waals surface area contributed by atoms with Gasteiger partial charge in [0, 0.05) is 24.5 Å². The molecule has 1 aliphatic heterocycles. The first kappa shape index (κ1) is 24.1. The van der Waals surface area contributed by atoms with Crippen LogP contribution in [0.2, 0.25) is 0 Å². The van der Waals surface area contributed by atoms with Gasteiger partial charge in [-0.15, -0.1) is 0 Å². The summed E-state index contributed by atoms with van der Waals surface area (Å²) in [6.45, 7) is 0.188. The average Bonchev–Trinajstić information content (AvgIpc) is 2.77. The van der Waals surface area contributed by atoms with E-state index in [1.165, 1.54) is 29.6 Å². The van der Waals surface area contributed by atoms with Gasteiger partial charge in [-0.25, -0.2) is 8.42 Å². The molecule has 0 aromatic heterocycles. The van der Waals surface area contributed by atoms with E-state index in [1.807, 2.05) is 0 Å². The fourth-order valence-electron chi connectivity index (χ4n) is 7.29. The summed E-state index contributed by atoms with van der Waals surface area (Å²) in [6, 6.07) is 3.49. The Labute approximate surface area is 197 Å². The summed E-state index contributed by atoms with van der Waals surface area (Å²) in [6.07, 6.45) is 1.37. The molecular weight excluding hydrogens is 469 g/mol. The number of carbonyl (C=O) groups excluding carboxylic acids is 1. The Kier molecular flexibility index (Phi) is 6.00. The number of alkyl halides is 3. The summed E-state index contributed by atoms with van der Waals surface area (Å²) in [5, 5.41) is 14.0. The van der Waals surface area contributed by atoms with Crippen molar-refractivity contribution in [1.82, 2.24) is 9.62 Å². The minimum absolute atomic E-state index is 0.0942. The van der Waals surface area contributed by atoms with Gasteiger partial charge in [0.2, 0.25) is 15.9 Å². The highest BCUT2D eigenvalue weighted by Gasteiger charge is 2.55. The lowest BCUT2D eigenvalue weighted by atomic mass is 9.48. The third kappa shape index (κ3) is 4.37. The van der Waals surface area contributed by atoms with Gasteiger partial charge in [-0.3, -0.25) is 4.79 Å². The van der Waals surface area contributed by atoms with Crippen LogP contribution in [-0.2, 0) is 21.0 Å². The molecule has 1 heterocycles. The zero-order chi connectivity index (χ0) is 24.3. The Morgan fingerprint density at radius 1 is 1.06 bits per heavy atom. The molecule has 1 saturated heterocycles. The van der Waals surface area contributed by atoms with E-state index in [0.29, 0.717) is 36.7 Å². The second-order valence-electron chi connectivity index (χ2n) is 10.9. The van der Waals surface area contributed by atoms with Gasteiger partial charge < -0.3 is 10.4 Å². The first-order chi connectivity index (χ1) is 16.0. The number of halogens is 3. The number of piperidine rings is 1. The molecule has 4 bridgehead atoms. The molecule has 6 rings (SSSR count). The number of aliphatic hydroxyl groups excluding tert-OH is 1. The standard InChI is InChI=1S/C24H31F3N2O4S/c25-24(26,27)18-2-1-3-20(11-18)34(32,33)29-6-4-19(5-7-29)28-22(31)21(30)23-12-15-8-16(13-23)10-17(9-15)14-23/h1-3,11,15-17,19,21,30H,4-10,12-14H2,(H,28,31). The van der Waals surface area contributed by atoms with E-state index in [4.69, 9.17) is 0 Å². The smallest absolute Gasteiger partial charge is 0.383 e. The Morgan fingerprint density at radius 2 is 1.62 bits per heavy atom. The van der Waals surface area contributed by atoms with Crippen molar-refractivity contribution in [3.05, 3.63) is 29.8 Å². The molecule has 1 unspecified atom stereocenters. The second-order valence-corrected chi connectivity index (χ2v) is 12.8. The van der Waals surface area contributed by atoms with Gasteiger partial charge in [0.05, 0.1) is 10.5 Å². The van der Waals surface area contributed by atoms with Gasteiger partial charge in [0.1, 0.15) is 6.10 Å². The van der Waals surface area contributed by atoms with Crippen LogP contribution in [0.5, 0.6) is 0 Å². The first-order valence-electron chi connectivity index (χ1n) is 12.1. The van der Waals surface area contributed by atoms with Crippen LogP contribution in [0.15, 0.2) is 29.2 Å². The molecule has 10 heteroatoms. The van der Waals surface area contributed by atoms with Crippen LogP contribution >= 0.6 is 0 Å². The fourth-order valence-corrected chi connectivity index (χ4v) is 8.81. The monoisotopic (exact) mass is 500 g/mol. The van der Waals surface area contributed by atoms with Crippen molar-refractivity contribution >= 4 is 15.9 Å². The summed E-state index contributed by atoms with van der Waals surface area (Å²) in [7, 11) is -4.07. The van der Waals surface area contributed by atoms with Crippen molar-refractivity contribution in [2.24, 2.45) is 23.2 Å². The van der Waals surface area contributed by atoms with E-state index in [9.17, 15) is 31.5 Å². The number of hydrogen-bond acceptors (Lipinski definition) is 4. The van der Waals surface area contributed by atoms with Gasteiger partial charge in [0.15, 0.2) is 0 Å². The van der Waals surface area contributed by atoms with Crippen LogP contribution in [0.4, 0.5) is 13.2 Å². The lowest BCUT2D eigenvalue weighted by Crippen LogP contribution is -2.57. The molecule has 0 spiro atoms. The second kappa shape index (κ2) is 8.48. The van der Waals surface area contributed by atoms with E-state index < -0.39 is 27.9 Å². The highest BCUT2D eigenvalue weighted by atomic mass is 32.2. The van der Waals surface area contributed by atoms with Crippen LogP contribution in [0.1, 0.15) is 56.9 Å². The topological polar surface area (TPSA) is 86.7 Å². The van der Waals surface area contributed by atoms with Gasteiger partial charge in [0.25, 0.3) is 0 Å². The van der Waals surface area contributed by atoms with E-state index in [2.05, 4.69) is 5.32 Å². The number of sulfonamides is 1.